The van der Waals surface area contributed by atoms with E-state index in [4.69, 9.17) is 0 Å². The lowest BCUT2D eigenvalue weighted by Gasteiger charge is -2.16. The molecule has 0 unspecified atom stereocenters. The zero-order valence-electron chi connectivity index (χ0n) is 9.92. The number of hydrogen-bond acceptors (Lipinski definition) is 4. The fourth-order valence-electron chi connectivity index (χ4n) is 2.02. The molecule has 5 nitrogen and oxygen atoms in total. The number of likely N-dealkylation sites (tertiary alicyclic amines) is 1. The molecule has 92 valence electrons. The number of aryl methyl sites for hydroxylation is 2. The monoisotopic (exact) mass is 236 g/mol. The second kappa shape index (κ2) is 4.43. The molecule has 1 aromatic heterocycles. The first-order chi connectivity index (χ1) is 7.99. The van der Waals surface area contributed by atoms with Crippen LogP contribution >= 0.6 is 0 Å². The minimum Gasteiger partial charge on any atom is -0.388 e. The van der Waals surface area contributed by atoms with E-state index in [1.165, 1.54) is 4.90 Å². The Morgan fingerprint density at radius 2 is 1.88 bits per heavy atom. The number of pyridine rings is 1. The Bertz CT molecular complexity index is 437. The summed E-state index contributed by atoms with van der Waals surface area (Å²) in [6, 6.07) is 3.51. The van der Waals surface area contributed by atoms with Gasteiger partial charge in [0.2, 0.25) is 0 Å². The van der Waals surface area contributed by atoms with E-state index in [0.29, 0.717) is 11.3 Å². The van der Waals surface area contributed by atoms with Crippen molar-refractivity contribution >= 4 is 5.91 Å². The summed E-state index contributed by atoms with van der Waals surface area (Å²) in [7, 11) is 0. The van der Waals surface area contributed by atoms with Gasteiger partial charge in [-0.3, -0.25) is 9.78 Å². The maximum atomic E-state index is 12.1. The highest BCUT2D eigenvalue weighted by Crippen LogP contribution is 2.16. The smallest absolute Gasteiger partial charge is 0.255 e. The number of amides is 1. The standard InChI is InChI=1S/C12H16N2O3/c1-7-3-4-9(8(2)13-7)12(17)14-5-10(15)11(16)6-14/h3-4,10-11,15-16H,5-6H2,1-2H3/t10-,11+. The predicted octanol–water partition coefficient (Wildman–Crippen LogP) is -0.124. The molecule has 0 saturated carbocycles. The molecule has 1 fully saturated rings. The van der Waals surface area contributed by atoms with Crippen molar-refractivity contribution in [3.8, 4) is 0 Å². The molecular weight excluding hydrogens is 220 g/mol. The summed E-state index contributed by atoms with van der Waals surface area (Å²) in [6.45, 7) is 3.99. The Hall–Kier alpha value is -1.46. The van der Waals surface area contributed by atoms with E-state index in [2.05, 4.69) is 4.98 Å². The summed E-state index contributed by atoms with van der Waals surface area (Å²) >= 11 is 0. The van der Waals surface area contributed by atoms with E-state index < -0.39 is 12.2 Å². The minimum absolute atomic E-state index is 0.174. The van der Waals surface area contributed by atoms with Gasteiger partial charge in [0.25, 0.3) is 5.91 Å². The lowest BCUT2D eigenvalue weighted by atomic mass is 10.1. The summed E-state index contributed by atoms with van der Waals surface area (Å²) in [5, 5.41) is 18.8. The maximum absolute atomic E-state index is 12.1. The molecule has 2 N–H and O–H groups in total. The van der Waals surface area contributed by atoms with Gasteiger partial charge in [-0.05, 0) is 26.0 Å². The quantitative estimate of drug-likeness (QED) is 0.712. The van der Waals surface area contributed by atoms with Crippen LogP contribution in [0.1, 0.15) is 21.7 Å². The molecule has 5 heteroatoms. The number of rotatable bonds is 1. The van der Waals surface area contributed by atoms with Crippen LogP contribution < -0.4 is 0 Å². The first-order valence-electron chi connectivity index (χ1n) is 5.58. The fraction of sp³-hybridized carbons (Fsp3) is 0.500. The van der Waals surface area contributed by atoms with Crippen LogP contribution in [0.4, 0.5) is 0 Å². The second-order valence-electron chi connectivity index (χ2n) is 4.43. The van der Waals surface area contributed by atoms with Crippen molar-refractivity contribution in [2.45, 2.75) is 26.1 Å². The van der Waals surface area contributed by atoms with Crippen LogP contribution in [0.25, 0.3) is 0 Å². The Labute approximate surface area is 99.7 Å². The van der Waals surface area contributed by atoms with Gasteiger partial charge in [-0.25, -0.2) is 0 Å². The first kappa shape index (κ1) is 12.0. The van der Waals surface area contributed by atoms with Crippen molar-refractivity contribution in [3.63, 3.8) is 0 Å². The van der Waals surface area contributed by atoms with Gasteiger partial charge in [0, 0.05) is 18.8 Å². The van der Waals surface area contributed by atoms with Crippen LogP contribution in [0.15, 0.2) is 12.1 Å². The maximum Gasteiger partial charge on any atom is 0.255 e. The number of β-amino-alcohol motifs (C(OH)–C–C–N with tert-alkyl or cyclic N) is 2. The van der Waals surface area contributed by atoms with Crippen LogP contribution in [-0.4, -0.2) is 51.3 Å². The summed E-state index contributed by atoms with van der Waals surface area (Å²) in [6.07, 6.45) is -1.70. The lowest BCUT2D eigenvalue weighted by molar-refractivity contribution is 0.0572. The number of carbonyl (C=O) groups is 1. The van der Waals surface area contributed by atoms with Gasteiger partial charge >= 0.3 is 0 Å². The van der Waals surface area contributed by atoms with E-state index in [0.717, 1.165) is 5.69 Å². The molecule has 1 aliphatic heterocycles. The number of aliphatic hydroxyl groups is 2. The topological polar surface area (TPSA) is 73.7 Å². The zero-order chi connectivity index (χ0) is 12.6. The van der Waals surface area contributed by atoms with Gasteiger partial charge in [-0.15, -0.1) is 0 Å². The van der Waals surface area contributed by atoms with E-state index in [1.807, 2.05) is 6.92 Å². The third-order valence-electron chi connectivity index (χ3n) is 3.00. The van der Waals surface area contributed by atoms with Gasteiger partial charge in [0.1, 0.15) is 0 Å². The van der Waals surface area contributed by atoms with Gasteiger partial charge in [-0.1, -0.05) is 0 Å². The highest BCUT2D eigenvalue weighted by Gasteiger charge is 2.33. The van der Waals surface area contributed by atoms with Gasteiger partial charge < -0.3 is 15.1 Å². The molecule has 1 aliphatic rings. The highest BCUT2D eigenvalue weighted by atomic mass is 16.3. The van der Waals surface area contributed by atoms with Gasteiger partial charge in [-0.2, -0.15) is 0 Å². The molecule has 0 aromatic carbocycles. The summed E-state index contributed by atoms with van der Waals surface area (Å²) in [5.74, 6) is -0.189. The van der Waals surface area contributed by atoms with E-state index in [9.17, 15) is 15.0 Å². The van der Waals surface area contributed by atoms with Crippen molar-refractivity contribution in [1.82, 2.24) is 9.88 Å². The number of hydrogen-bond donors (Lipinski definition) is 2. The van der Waals surface area contributed by atoms with Gasteiger partial charge in [0.05, 0.1) is 23.5 Å². The van der Waals surface area contributed by atoms with Crippen molar-refractivity contribution < 1.29 is 15.0 Å². The van der Waals surface area contributed by atoms with E-state index in [-0.39, 0.29) is 19.0 Å². The Balaban J connectivity index is 2.20. The average molecular weight is 236 g/mol. The molecule has 2 atom stereocenters. The van der Waals surface area contributed by atoms with Crippen LogP contribution in [0, 0.1) is 13.8 Å². The predicted molar refractivity (Wildman–Crippen MR) is 61.6 cm³/mol. The Kier molecular flexibility index (Phi) is 3.13. The summed E-state index contributed by atoms with van der Waals surface area (Å²) in [4.78, 5) is 17.8. The molecule has 17 heavy (non-hydrogen) atoms. The van der Waals surface area contributed by atoms with Crippen molar-refractivity contribution in [2.75, 3.05) is 13.1 Å². The van der Waals surface area contributed by atoms with Crippen LogP contribution in [-0.2, 0) is 0 Å². The average Bonchev–Trinajstić information content (AvgIpc) is 2.58. The summed E-state index contributed by atoms with van der Waals surface area (Å²) < 4.78 is 0. The number of carbonyl (C=O) groups excluding carboxylic acids is 1. The van der Waals surface area contributed by atoms with Crippen molar-refractivity contribution in [3.05, 3.63) is 29.1 Å². The second-order valence-corrected chi connectivity index (χ2v) is 4.43. The van der Waals surface area contributed by atoms with Crippen LogP contribution in [0.3, 0.4) is 0 Å². The SMILES string of the molecule is Cc1ccc(C(=O)N2C[C@@H](O)[C@@H](O)C2)c(C)n1. The third kappa shape index (κ3) is 2.30. The molecule has 1 aromatic rings. The normalized spacial score (nSPS) is 24.1. The largest absolute Gasteiger partial charge is 0.388 e. The van der Waals surface area contributed by atoms with Crippen LogP contribution in [0.5, 0.6) is 0 Å². The third-order valence-corrected chi connectivity index (χ3v) is 3.00. The molecule has 0 aliphatic carbocycles. The Morgan fingerprint density at radius 1 is 1.29 bits per heavy atom. The Morgan fingerprint density at radius 3 is 2.41 bits per heavy atom. The van der Waals surface area contributed by atoms with Crippen molar-refractivity contribution in [2.24, 2.45) is 0 Å². The molecule has 1 saturated heterocycles. The zero-order valence-corrected chi connectivity index (χ0v) is 9.92. The molecule has 0 radical (unpaired) electrons. The van der Waals surface area contributed by atoms with Crippen LogP contribution in [0.2, 0.25) is 0 Å². The van der Waals surface area contributed by atoms with E-state index >= 15 is 0 Å². The lowest BCUT2D eigenvalue weighted by Crippen LogP contribution is -2.30. The van der Waals surface area contributed by atoms with Gasteiger partial charge in [0.15, 0.2) is 0 Å². The number of aliphatic hydroxyl groups excluding tert-OH is 2. The molecule has 1 amide bonds. The molecule has 2 heterocycles. The molecule has 2 rings (SSSR count). The molecule has 0 bridgehead atoms. The summed E-state index contributed by atoms with van der Waals surface area (Å²) in [5.41, 5.74) is 2.06. The first-order valence-corrected chi connectivity index (χ1v) is 5.58. The fourth-order valence-corrected chi connectivity index (χ4v) is 2.02. The number of aromatic nitrogens is 1. The van der Waals surface area contributed by atoms with E-state index in [1.54, 1.807) is 19.1 Å². The molecular formula is C12H16N2O3. The molecule has 0 spiro atoms. The highest BCUT2D eigenvalue weighted by molar-refractivity contribution is 5.95. The minimum atomic E-state index is -0.849. The number of nitrogens with zero attached hydrogens (tertiary/aromatic N) is 2. The van der Waals surface area contributed by atoms with Crippen molar-refractivity contribution in [1.29, 1.82) is 0 Å².